The monoisotopic (exact) mass is 441 g/mol. The Morgan fingerprint density at radius 3 is 2.39 bits per heavy atom. The zero-order valence-corrected chi connectivity index (χ0v) is 17.5. The third kappa shape index (κ3) is 5.89. The second kappa shape index (κ2) is 9.39. The second-order valence-electron chi connectivity index (χ2n) is 6.96. The van der Waals surface area contributed by atoms with Crippen molar-refractivity contribution in [2.75, 3.05) is 5.32 Å². The van der Waals surface area contributed by atoms with Gasteiger partial charge in [-0.1, -0.05) is 36.4 Å². The zero-order valence-electron chi connectivity index (χ0n) is 16.7. The van der Waals surface area contributed by atoms with Crippen LogP contribution in [0.25, 0.3) is 0 Å². The highest BCUT2D eigenvalue weighted by Gasteiger charge is 2.18. The highest BCUT2D eigenvalue weighted by Crippen LogP contribution is 2.33. The molecular formula is C20H19N5O5S. The van der Waals surface area contributed by atoms with E-state index in [2.05, 4.69) is 10.4 Å². The number of hydrogen-bond acceptors (Lipinski definition) is 7. The summed E-state index contributed by atoms with van der Waals surface area (Å²) in [6, 6.07) is 12.1. The third-order valence-corrected chi connectivity index (χ3v) is 5.34. The Kier molecular flexibility index (Phi) is 6.65. The minimum Gasteiger partial charge on any atom is -0.326 e. The summed E-state index contributed by atoms with van der Waals surface area (Å²) in [5.74, 6) is -0.961. The minimum absolute atomic E-state index is 0.125. The molecule has 1 atom stereocenters. The fourth-order valence-corrected chi connectivity index (χ4v) is 3.65. The Balaban J connectivity index is 1.74. The highest BCUT2D eigenvalue weighted by molar-refractivity contribution is 7.99. The molecule has 1 heterocycles. The maximum Gasteiger partial charge on any atom is 0.306 e. The number of amides is 1. The smallest absolute Gasteiger partial charge is 0.306 e. The van der Waals surface area contributed by atoms with Gasteiger partial charge in [-0.25, -0.2) is 0 Å². The van der Waals surface area contributed by atoms with E-state index in [-0.39, 0.29) is 23.8 Å². The molecule has 0 aliphatic rings. The van der Waals surface area contributed by atoms with Crippen molar-refractivity contribution in [1.82, 2.24) is 9.78 Å². The summed E-state index contributed by atoms with van der Waals surface area (Å²) in [7, 11) is 0. The molecule has 10 nitrogen and oxygen atoms in total. The van der Waals surface area contributed by atoms with Crippen molar-refractivity contribution < 1.29 is 14.6 Å². The Bertz CT molecular complexity index is 1130. The van der Waals surface area contributed by atoms with Crippen LogP contribution in [-0.2, 0) is 11.3 Å². The largest absolute Gasteiger partial charge is 0.326 e. The number of benzene rings is 2. The Labute approximate surface area is 181 Å². The van der Waals surface area contributed by atoms with Crippen LogP contribution in [0, 0.1) is 33.1 Å². The fourth-order valence-electron chi connectivity index (χ4n) is 2.74. The van der Waals surface area contributed by atoms with Crippen LogP contribution in [0.3, 0.4) is 0 Å². The molecule has 160 valence electrons. The molecule has 0 spiro atoms. The molecule has 0 saturated carbocycles. The first-order valence-corrected chi connectivity index (χ1v) is 10.0. The van der Waals surface area contributed by atoms with E-state index in [1.165, 1.54) is 34.8 Å². The number of nitro benzene ring substituents is 1. The van der Waals surface area contributed by atoms with Gasteiger partial charge >= 0.3 is 5.69 Å². The summed E-state index contributed by atoms with van der Waals surface area (Å²) in [5, 5.41) is 28.7. The molecule has 1 aromatic heterocycles. The van der Waals surface area contributed by atoms with E-state index in [0.29, 0.717) is 10.6 Å². The van der Waals surface area contributed by atoms with Gasteiger partial charge < -0.3 is 5.32 Å². The topological polar surface area (TPSA) is 133 Å². The normalized spacial score (nSPS) is 11.7. The first kappa shape index (κ1) is 22.0. The summed E-state index contributed by atoms with van der Waals surface area (Å²) in [6.07, 6.45) is 2.35. The first-order chi connectivity index (χ1) is 14.7. The lowest BCUT2D eigenvalue weighted by molar-refractivity contribution is -0.385. The molecule has 1 amide bonds. The number of carbonyl (C=O) groups is 1. The SMILES string of the molecule is Cc1ccc(Sc2cc(NC(=O)C(C)Cn3cc([N+](=O)[O-])cn3)cc([N+](=O)[O-])c2)cc1. The number of hydrogen-bond donors (Lipinski definition) is 1. The third-order valence-electron chi connectivity index (χ3n) is 4.37. The molecule has 0 fully saturated rings. The van der Waals surface area contributed by atoms with E-state index < -0.39 is 15.8 Å². The van der Waals surface area contributed by atoms with Gasteiger partial charge in [-0.2, -0.15) is 5.10 Å². The highest BCUT2D eigenvalue weighted by atomic mass is 32.2. The van der Waals surface area contributed by atoms with Crippen LogP contribution >= 0.6 is 11.8 Å². The number of rotatable bonds is 8. The first-order valence-electron chi connectivity index (χ1n) is 9.23. The lowest BCUT2D eigenvalue weighted by atomic mass is 10.1. The molecular weight excluding hydrogens is 422 g/mol. The maximum atomic E-state index is 12.6. The number of nitrogens with one attached hydrogen (secondary N) is 1. The average Bonchev–Trinajstić information content (AvgIpc) is 3.18. The number of anilines is 1. The van der Waals surface area contributed by atoms with E-state index in [0.717, 1.165) is 16.7 Å². The van der Waals surface area contributed by atoms with E-state index in [1.54, 1.807) is 13.0 Å². The van der Waals surface area contributed by atoms with Crippen molar-refractivity contribution in [3.8, 4) is 0 Å². The molecule has 2 aromatic carbocycles. The molecule has 3 aromatic rings. The molecule has 0 aliphatic carbocycles. The van der Waals surface area contributed by atoms with Crippen molar-refractivity contribution in [3.63, 3.8) is 0 Å². The predicted molar refractivity (Wildman–Crippen MR) is 115 cm³/mol. The number of carbonyl (C=O) groups excluding carboxylic acids is 1. The summed E-state index contributed by atoms with van der Waals surface area (Å²) in [4.78, 5) is 35.1. The van der Waals surface area contributed by atoms with Gasteiger partial charge in [0, 0.05) is 27.6 Å². The van der Waals surface area contributed by atoms with Crippen LogP contribution in [0.5, 0.6) is 0 Å². The van der Waals surface area contributed by atoms with Crippen LogP contribution in [0.1, 0.15) is 12.5 Å². The van der Waals surface area contributed by atoms with Crippen LogP contribution in [-0.4, -0.2) is 25.5 Å². The van der Waals surface area contributed by atoms with E-state index in [4.69, 9.17) is 0 Å². The number of non-ortho nitro benzene ring substituents is 1. The van der Waals surface area contributed by atoms with Crippen molar-refractivity contribution in [2.24, 2.45) is 5.92 Å². The van der Waals surface area contributed by atoms with E-state index in [9.17, 15) is 25.0 Å². The maximum absolute atomic E-state index is 12.6. The number of nitrogens with zero attached hydrogens (tertiary/aromatic N) is 4. The van der Waals surface area contributed by atoms with Crippen molar-refractivity contribution in [1.29, 1.82) is 0 Å². The number of nitro groups is 2. The second-order valence-corrected chi connectivity index (χ2v) is 8.10. The summed E-state index contributed by atoms with van der Waals surface area (Å²) in [5.41, 5.74) is 1.10. The molecule has 0 saturated heterocycles. The van der Waals surface area contributed by atoms with Crippen LogP contribution < -0.4 is 5.32 Å². The Morgan fingerprint density at radius 2 is 1.77 bits per heavy atom. The molecule has 3 rings (SSSR count). The molecule has 0 bridgehead atoms. The molecule has 1 N–H and O–H groups in total. The van der Waals surface area contributed by atoms with Crippen LogP contribution in [0.4, 0.5) is 17.1 Å². The van der Waals surface area contributed by atoms with Gasteiger partial charge in [0.05, 0.1) is 22.3 Å². The predicted octanol–water partition coefficient (Wildman–Crippen LogP) is 4.43. The van der Waals surface area contributed by atoms with Gasteiger partial charge in [0.2, 0.25) is 5.91 Å². The van der Waals surface area contributed by atoms with Crippen molar-refractivity contribution >= 4 is 34.7 Å². The van der Waals surface area contributed by atoms with Crippen LogP contribution in [0.2, 0.25) is 0 Å². The quantitative estimate of drug-likeness (QED) is 0.404. The molecule has 0 aliphatic heterocycles. The molecule has 1 unspecified atom stereocenters. The summed E-state index contributed by atoms with van der Waals surface area (Å²) < 4.78 is 1.31. The number of aryl methyl sites for hydroxylation is 1. The molecule has 31 heavy (non-hydrogen) atoms. The fraction of sp³-hybridized carbons (Fsp3) is 0.200. The van der Waals surface area contributed by atoms with Gasteiger partial charge in [0.1, 0.15) is 12.4 Å². The molecule has 11 heteroatoms. The Morgan fingerprint density at radius 1 is 1.10 bits per heavy atom. The van der Waals surface area contributed by atoms with E-state index >= 15 is 0 Å². The summed E-state index contributed by atoms with van der Waals surface area (Å²) >= 11 is 1.35. The van der Waals surface area contributed by atoms with Gasteiger partial charge in [-0.15, -0.1) is 0 Å². The standard InChI is InChI=1S/C20H19N5O5S/c1-13-3-5-18(6-4-13)31-19-8-15(7-16(9-19)24(27)28)22-20(26)14(2)11-23-12-17(10-21-23)25(29)30/h3-10,12,14H,11H2,1-2H3,(H,22,26). The minimum atomic E-state index is -0.577. The molecule has 0 radical (unpaired) electrons. The van der Waals surface area contributed by atoms with Gasteiger partial charge in [0.25, 0.3) is 5.69 Å². The lowest BCUT2D eigenvalue weighted by Gasteiger charge is -2.13. The van der Waals surface area contributed by atoms with E-state index in [1.807, 2.05) is 31.2 Å². The zero-order chi connectivity index (χ0) is 22.5. The number of aromatic nitrogens is 2. The summed E-state index contributed by atoms with van der Waals surface area (Å²) in [6.45, 7) is 3.74. The lowest BCUT2D eigenvalue weighted by Crippen LogP contribution is -2.24. The van der Waals surface area contributed by atoms with Gasteiger partial charge in [-0.05, 0) is 25.1 Å². The van der Waals surface area contributed by atoms with Crippen molar-refractivity contribution in [2.45, 2.75) is 30.2 Å². The Hall–Kier alpha value is -3.73. The van der Waals surface area contributed by atoms with Crippen LogP contribution in [0.15, 0.2) is 64.6 Å². The van der Waals surface area contributed by atoms with Gasteiger partial charge in [0.15, 0.2) is 0 Å². The van der Waals surface area contributed by atoms with Gasteiger partial charge in [-0.3, -0.25) is 29.7 Å². The average molecular weight is 441 g/mol. The van der Waals surface area contributed by atoms with Crippen molar-refractivity contribution in [3.05, 3.63) is 80.7 Å².